The van der Waals surface area contributed by atoms with E-state index in [0.29, 0.717) is 16.5 Å². The number of hydrogen-bond acceptors (Lipinski definition) is 3. The topological polar surface area (TPSA) is 58.6 Å². The molecule has 0 saturated heterocycles. The van der Waals surface area contributed by atoms with E-state index in [1.54, 1.807) is 26.2 Å². The number of aliphatic hydroxyl groups is 1. The van der Waals surface area contributed by atoms with Gasteiger partial charge in [-0.25, -0.2) is 0 Å². The molecule has 0 aliphatic heterocycles. The molecule has 0 aliphatic carbocycles. The summed E-state index contributed by atoms with van der Waals surface area (Å²) in [6.45, 7) is 1.75. The molecule has 2 aromatic rings. The zero-order chi connectivity index (χ0) is 17.7. The van der Waals surface area contributed by atoms with E-state index < -0.39 is 5.60 Å². The largest absolute Gasteiger partial charge is 0.497 e. The number of nitrogens with one attached hydrogen (secondary N) is 1. The van der Waals surface area contributed by atoms with Gasteiger partial charge in [-0.2, -0.15) is 0 Å². The molecule has 4 nitrogen and oxygen atoms in total. The Hall–Kier alpha value is -1.75. The van der Waals surface area contributed by atoms with Crippen molar-refractivity contribution in [1.29, 1.82) is 0 Å². The summed E-state index contributed by atoms with van der Waals surface area (Å²) < 4.78 is 5.11. The van der Waals surface area contributed by atoms with Gasteiger partial charge in [-0.05, 0) is 42.8 Å². The van der Waals surface area contributed by atoms with Crippen LogP contribution in [0.15, 0.2) is 42.5 Å². The van der Waals surface area contributed by atoms with Crippen LogP contribution in [-0.4, -0.2) is 30.3 Å². The van der Waals surface area contributed by atoms with Gasteiger partial charge in [0.1, 0.15) is 5.75 Å². The second-order valence-corrected chi connectivity index (χ2v) is 6.67. The summed E-state index contributed by atoms with van der Waals surface area (Å²) in [4.78, 5) is 12.2. The number of carbonyl (C=O) groups is 1. The maximum Gasteiger partial charge on any atom is 0.252 e. The molecule has 1 atom stereocenters. The van der Waals surface area contributed by atoms with Crippen molar-refractivity contribution in [3.8, 4) is 5.75 Å². The molecule has 1 unspecified atom stereocenters. The van der Waals surface area contributed by atoms with E-state index in [9.17, 15) is 9.90 Å². The lowest BCUT2D eigenvalue weighted by atomic mass is 9.96. The van der Waals surface area contributed by atoms with Crippen LogP contribution >= 0.6 is 23.2 Å². The van der Waals surface area contributed by atoms with Crippen molar-refractivity contribution in [2.45, 2.75) is 18.9 Å². The van der Waals surface area contributed by atoms with Gasteiger partial charge >= 0.3 is 0 Å². The van der Waals surface area contributed by atoms with Gasteiger partial charge in [-0.3, -0.25) is 4.79 Å². The highest BCUT2D eigenvalue weighted by Crippen LogP contribution is 2.21. The van der Waals surface area contributed by atoms with Crippen LogP contribution in [0.5, 0.6) is 5.75 Å². The molecule has 0 aromatic heterocycles. The van der Waals surface area contributed by atoms with Crippen molar-refractivity contribution in [2.75, 3.05) is 13.7 Å². The van der Waals surface area contributed by atoms with Crippen LogP contribution in [0.1, 0.15) is 22.8 Å². The predicted octanol–water partition coefficient (Wildman–Crippen LogP) is 3.73. The van der Waals surface area contributed by atoms with Crippen molar-refractivity contribution < 1.29 is 14.6 Å². The van der Waals surface area contributed by atoms with Gasteiger partial charge in [0.15, 0.2) is 0 Å². The van der Waals surface area contributed by atoms with E-state index in [2.05, 4.69) is 5.32 Å². The number of halogens is 2. The summed E-state index contributed by atoms with van der Waals surface area (Å²) in [6, 6.07) is 12.1. The monoisotopic (exact) mass is 367 g/mol. The molecule has 2 rings (SSSR count). The number of rotatable bonds is 6. The highest BCUT2D eigenvalue weighted by Gasteiger charge is 2.23. The molecule has 2 N–H and O–H groups in total. The van der Waals surface area contributed by atoms with E-state index >= 15 is 0 Å². The Morgan fingerprint density at radius 3 is 2.50 bits per heavy atom. The highest BCUT2D eigenvalue weighted by molar-refractivity contribution is 6.35. The fourth-order valence-corrected chi connectivity index (χ4v) is 2.66. The Labute approximate surface area is 151 Å². The minimum Gasteiger partial charge on any atom is -0.497 e. The first kappa shape index (κ1) is 18.6. The van der Waals surface area contributed by atoms with Crippen molar-refractivity contribution in [3.05, 3.63) is 63.6 Å². The lowest BCUT2D eigenvalue weighted by Gasteiger charge is -2.24. The molecule has 0 radical (unpaired) electrons. The van der Waals surface area contributed by atoms with Crippen molar-refractivity contribution in [1.82, 2.24) is 5.32 Å². The Morgan fingerprint density at radius 1 is 1.21 bits per heavy atom. The third kappa shape index (κ3) is 5.13. The van der Waals surface area contributed by atoms with Gasteiger partial charge in [0.05, 0.1) is 23.3 Å². The molecule has 6 heteroatoms. The number of amides is 1. The van der Waals surface area contributed by atoms with Gasteiger partial charge in [-0.1, -0.05) is 35.3 Å². The minimum absolute atomic E-state index is 0.0840. The molecule has 0 spiro atoms. The van der Waals surface area contributed by atoms with E-state index in [4.69, 9.17) is 27.9 Å². The van der Waals surface area contributed by atoms with Crippen LogP contribution in [0.2, 0.25) is 10.0 Å². The first-order chi connectivity index (χ1) is 11.3. The number of carbonyl (C=O) groups excluding carboxylic acids is 1. The van der Waals surface area contributed by atoms with Gasteiger partial charge in [0, 0.05) is 18.0 Å². The van der Waals surface area contributed by atoms with E-state index in [0.717, 1.165) is 11.3 Å². The Balaban J connectivity index is 1.98. The maximum absolute atomic E-state index is 12.2. The number of hydrogen-bond donors (Lipinski definition) is 2. The van der Waals surface area contributed by atoms with E-state index in [-0.39, 0.29) is 18.0 Å². The molecule has 0 bridgehead atoms. The Bertz CT molecular complexity index is 715. The molecule has 0 fully saturated rings. The fourth-order valence-electron chi connectivity index (χ4n) is 2.28. The summed E-state index contributed by atoms with van der Waals surface area (Å²) in [5, 5.41) is 13.9. The third-order valence-electron chi connectivity index (χ3n) is 3.55. The molecule has 0 saturated carbocycles. The molecule has 24 heavy (non-hydrogen) atoms. The highest BCUT2D eigenvalue weighted by atomic mass is 35.5. The number of benzene rings is 2. The number of methoxy groups -OCH3 is 1. The quantitative estimate of drug-likeness (QED) is 0.817. The smallest absolute Gasteiger partial charge is 0.252 e. The lowest BCUT2D eigenvalue weighted by molar-refractivity contribution is 0.0552. The summed E-state index contributed by atoms with van der Waals surface area (Å²) >= 11 is 11.9. The normalized spacial score (nSPS) is 13.2. The van der Waals surface area contributed by atoms with Gasteiger partial charge in [-0.15, -0.1) is 0 Å². The maximum atomic E-state index is 12.2. The van der Waals surface area contributed by atoms with Crippen molar-refractivity contribution >= 4 is 29.1 Å². The Morgan fingerprint density at radius 2 is 1.88 bits per heavy atom. The summed E-state index contributed by atoms with van der Waals surface area (Å²) in [5.41, 5.74) is 0.121. The minimum atomic E-state index is -1.10. The molecular weight excluding hydrogens is 349 g/mol. The molecule has 1 amide bonds. The van der Waals surface area contributed by atoms with Crippen LogP contribution in [0, 0.1) is 0 Å². The standard InChI is InChI=1S/C18H19Cl2NO3/c1-18(23,10-12-3-6-14(24-2)7-4-12)11-21-17(22)15-9-13(19)5-8-16(15)20/h3-9,23H,10-11H2,1-2H3,(H,21,22). The van der Waals surface area contributed by atoms with Gasteiger partial charge < -0.3 is 15.2 Å². The molecule has 0 heterocycles. The predicted molar refractivity (Wildman–Crippen MR) is 96.1 cm³/mol. The zero-order valence-electron chi connectivity index (χ0n) is 13.5. The average Bonchev–Trinajstić information content (AvgIpc) is 2.55. The number of ether oxygens (including phenoxy) is 1. The summed E-state index contributed by atoms with van der Waals surface area (Å²) in [7, 11) is 1.60. The van der Waals surface area contributed by atoms with E-state index in [1.165, 1.54) is 6.07 Å². The molecular formula is C18H19Cl2NO3. The molecule has 2 aromatic carbocycles. The van der Waals surface area contributed by atoms with Crippen LogP contribution in [-0.2, 0) is 6.42 Å². The zero-order valence-corrected chi connectivity index (χ0v) is 15.0. The first-order valence-corrected chi connectivity index (χ1v) is 8.15. The second-order valence-electron chi connectivity index (χ2n) is 5.83. The summed E-state index contributed by atoms with van der Waals surface area (Å²) in [5.74, 6) is 0.375. The van der Waals surface area contributed by atoms with Crippen LogP contribution in [0.4, 0.5) is 0 Å². The van der Waals surface area contributed by atoms with Crippen molar-refractivity contribution in [2.24, 2.45) is 0 Å². The van der Waals surface area contributed by atoms with Gasteiger partial charge in [0.25, 0.3) is 5.91 Å². The fraction of sp³-hybridized carbons (Fsp3) is 0.278. The summed E-state index contributed by atoms with van der Waals surface area (Å²) in [6.07, 6.45) is 0.389. The first-order valence-electron chi connectivity index (χ1n) is 7.39. The second kappa shape index (κ2) is 7.88. The average molecular weight is 368 g/mol. The van der Waals surface area contributed by atoms with Crippen LogP contribution in [0.25, 0.3) is 0 Å². The molecule has 128 valence electrons. The Kier molecular flexibility index (Phi) is 6.10. The van der Waals surface area contributed by atoms with Gasteiger partial charge in [0.2, 0.25) is 0 Å². The third-order valence-corrected chi connectivity index (χ3v) is 4.11. The van der Waals surface area contributed by atoms with Crippen LogP contribution < -0.4 is 10.1 Å². The lowest BCUT2D eigenvalue weighted by Crippen LogP contribution is -2.42. The van der Waals surface area contributed by atoms with Crippen LogP contribution in [0.3, 0.4) is 0 Å². The SMILES string of the molecule is COc1ccc(CC(C)(O)CNC(=O)c2cc(Cl)ccc2Cl)cc1. The molecule has 0 aliphatic rings. The van der Waals surface area contributed by atoms with Crippen molar-refractivity contribution in [3.63, 3.8) is 0 Å². The van der Waals surface area contributed by atoms with E-state index in [1.807, 2.05) is 24.3 Å².